The Morgan fingerprint density at radius 1 is 1.21 bits per heavy atom. The SMILES string of the molecule is CC(C)C[C@H](OC(=O)Cl)C(=O)OCc1ccccc1. The van der Waals surface area contributed by atoms with Crippen LogP contribution in [0, 0.1) is 5.92 Å². The average Bonchev–Trinajstić information content (AvgIpc) is 2.35. The lowest BCUT2D eigenvalue weighted by Gasteiger charge is -2.17. The van der Waals surface area contributed by atoms with Gasteiger partial charge in [-0.1, -0.05) is 44.2 Å². The van der Waals surface area contributed by atoms with Gasteiger partial charge in [-0.25, -0.2) is 9.59 Å². The molecule has 0 aliphatic heterocycles. The molecule has 0 fully saturated rings. The number of esters is 1. The molecule has 0 N–H and O–H groups in total. The predicted octanol–water partition coefficient (Wildman–Crippen LogP) is 3.52. The lowest BCUT2D eigenvalue weighted by molar-refractivity contribution is -0.155. The fraction of sp³-hybridized carbons (Fsp3) is 0.429. The van der Waals surface area contributed by atoms with Gasteiger partial charge in [-0.3, -0.25) is 0 Å². The minimum atomic E-state index is -0.998. The third kappa shape index (κ3) is 6.25. The molecule has 19 heavy (non-hydrogen) atoms. The molecule has 104 valence electrons. The Morgan fingerprint density at radius 3 is 2.37 bits per heavy atom. The number of hydrogen-bond donors (Lipinski definition) is 0. The molecule has 0 unspecified atom stereocenters. The van der Waals surface area contributed by atoms with Crippen molar-refractivity contribution in [1.29, 1.82) is 0 Å². The Labute approximate surface area is 117 Å². The van der Waals surface area contributed by atoms with Crippen molar-refractivity contribution in [1.82, 2.24) is 0 Å². The second kappa shape index (κ2) is 7.79. The zero-order valence-corrected chi connectivity index (χ0v) is 11.7. The number of benzene rings is 1. The lowest BCUT2D eigenvalue weighted by atomic mass is 10.1. The summed E-state index contributed by atoms with van der Waals surface area (Å²) in [5.74, 6) is -0.392. The van der Waals surface area contributed by atoms with Gasteiger partial charge in [0.15, 0.2) is 6.10 Å². The van der Waals surface area contributed by atoms with Crippen LogP contribution >= 0.6 is 11.6 Å². The highest BCUT2D eigenvalue weighted by atomic mass is 35.5. The molecule has 0 radical (unpaired) electrons. The summed E-state index contributed by atoms with van der Waals surface area (Å²) in [6.07, 6.45) is -0.569. The van der Waals surface area contributed by atoms with E-state index in [0.717, 1.165) is 5.56 Å². The minimum absolute atomic E-state index is 0.147. The highest BCUT2D eigenvalue weighted by Crippen LogP contribution is 2.13. The smallest absolute Gasteiger partial charge is 0.404 e. The summed E-state index contributed by atoms with van der Waals surface area (Å²) in [7, 11) is 0. The first-order valence-electron chi connectivity index (χ1n) is 6.05. The Bertz CT molecular complexity index is 417. The molecule has 0 aromatic heterocycles. The number of ether oxygens (including phenoxy) is 2. The maximum atomic E-state index is 11.8. The van der Waals surface area contributed by atoms with Crippen molar-refractivity contribution < 1.29 is 19.1 Å². The number of halogens is 1. The third-order valence-corrected chi connectivity index (χ3v) is 2.50. The number of hydrogen-bond acceptors (Lipinski definition) is 4. The van der Waals surface area contributed by atoms with Crippen LogP contribution in [0.15, 0.2) is 30.3 Å². The molecule has 1 aromatic carbocycles. The van der Waals surface area contributed by atoms with Crippen molar-refractivity contribution in [3.63, 3.8) is 0 Å². The summed E-state index contributed by atoms with van der Waals surface area (Å²) in [6, 6.07) is 9.28. The van der Waals surface area contributed by atoms with Gasteiger partial charge in [0, 0.05) is 11.6 Å². The quantitative estimate of drug-likeness (QED) is 0.592. The van der Waals surface area contributed by atoms with Crippen LogP contribution in [0.4, 0.5) is 4.79 Å². The first-order valence-corrected chi connectivity index (χ1v) is 6.43. The van der Waals surface area contributed by atoms with Crippen molar-refractivity contribution in [2.45, 2.75) is 33.0 Å². The molecule has 0 aliphatic carbocycles. The normalized spacial score (nSPS) is 12.0. The van der Waals surface area contributed by atoms with Crippen LogP contribution in [0.2, 0.25) is 0 Å². The summed E-state index contributed by atoms with van der Waals surface area (Å²) in [5.41, 5.74) is -0.126. The number of carbonyl (C=O) groups excluding carboxylic acids is 2. The fourth-order valence-corrected chi connectivity index (χ4v) is 1.66. The molecular formula is C14H17ClO4. The van der Waals surface area contributed by atoms with Crippen LogP contribution in [0.1, 0.15) is 25.8 Å². The molecule has 0 saturated carbocycles. The van der Waals surface area contributed by atoms with E-state index in [1.54, 1.807) is 0 Å². The van der Waals surface area contributed by atoms with Gasteiger partial charge in [0.05, 0.1) is 0 Å². The summed E-state index contributed by atoms with van der Waals surface area (Å²) < 4.78 is 9.88. The summed E-state index contributed by atoms with van der Waals surface area (Å²) in [6.45, 7) is 3.98. The highest BCUT2D eigenvalue weighted by Gasteiger charge is 2.25. The summed E-state index contributed by atoms with van der Waals surface area (Å²) in [5, 5.41) is 0. The Morgan fingerprint density at radius 2 is 1.84 bits per heavy atom. The molecule has 0 amide bonds. The van der Waals surface area contributed by atoms with Crippen LogP contribution in [0.3, 0.4) is 0 Å². The first-order chi connectivity index (χ1) is 8.99. The van der Waals surface area contributed by atoms with Crippen LogP contribution in [-0.4, -0.2) is 17.5 Å². The highest BCUT2D eigenvalue weighted by molar-refractivity contribution is 6.61. The molecule has 1 atom stereocenters. The van der Waals surface area contributed by atoms with Gasteiger partial charge in [-0.05, 0) is 17.9 Å². The Balaban J connectivity index is 2.54. The van der Waals surface area contributed by atoms with Gasteiger partial charge in [0.1, 0.15) is 6.61 Å². The maximum absolute atomic E-state index is 11.8. The second-order valence-electron chi connectivity index (χ2n) is 4.57. The number of carbonyl (C=O) groups is 2. The van der Waals surface area contributed by atoms with Gasteiger partial charge in [0.2, 0.25) is 0 Å². The van der Waals surface area contributed by atoms with Crippen molar-refractivity contribution in [2.24, 2.45) is 5.92 Å². The van der Waals surface area contributed by atoms with E-state index in [1.807, 2.05) is 44.2 Å². The minimum Gasteiger partial charge on any atom is -0.458 e. The van der Waals surface area contributed by atoms with E-state index in [0.29, 0.717) is 6.42 Å². The second-order valence-corrected chi connectivity index (χ2v) is 4.88. The van der Waals surface area contributed by atoms with Gasteiger partial charge in [-0.15, -0.1) is 0 Å². The van der Waals surface area contributed by atoms with E-state index < -0.39 is 17.5 Å². The van der Waals surface area contributed by atoms with Gasteiger partial charge in [0.25, 0.3) is 0 Å². The fourth-order valence-electron chi connectivity index (χ4n) is 1.55. The molecule has 1 rings (SSSR count). The van der Waals surface area contributed by atoms with Crippen LogP contribution in [-0.2, 0) is 20.9 Å². The third-order valence-electron chi connectivity index (χ3n) is 2.41. The largest absolute Gasteiger partial charge is 0.458 e. The zero-order valence-electron chi connectivity index (χ0n) is 11.0. The van der Waals surface area contributed by atoms with Crippen molar-refractivity contribution in [3.05, 3.63) is 35.9 Å². The van der Waals surface area contributed by atoms with E-state index in [-0.39, 0.29) is 12.5 Å². The van der Waals surface area contributed by atoms with E-state index in [4.69, 9.17) is 21.1 Å². The van der Waals surface area contributed by atoms with E-state index >= 15 is 0 Å². The maximum Gasteiger partial charge on any atom is 0.404 e. The molecular weight excluding hydrogens is 268 g/mol. The molecule has 0 bridgehead atoms. The van der Waals surface area contributed by atoms with Gasteiger partial charge < -0.3 is 9.47 Å². The van der Waals surface area contributed by atoms with E-state index in [9.17, 15) is 9.59 Å². The summed E-state index contributed by atoms with van der Waals surface area (Å²) in [4.78, 5) is 22.6. The van der Waals surface area contributed by atoms with Crippen molar-refractivity contribution in [2.75, 3.05) is 0 Å². The van der Waals surface area contributed by atoms with Crippen LogP contribution in [0.25, 0.3) is 0 Å². The molecule has 0 aliphatic rings. The molecule has 1 aromatic rings. The predicted molar refractivity (Wildman–Crippen MR) is 71.8 cm³/mol. The van der Waals surface area contributed by atoms with E-state index in [1.165, 1.54) is 0 Å². The first kappa shape index (κ1) is 15.5. The van der Waals surface area contributed by atoms with Gasteiger partial charge in [-0.2, -0.15) is 0 Å². The number of rotatable bonds is 6. The monoisotopic (exact) mass is 284 g/mol. The van der Waals surface area contributed by atoms with Crippen molar-refractivity contribution >= 4 is 23.0 Å². The van der Waals surface area contributed by atoms with E-state index in [2.05, 4.69) is 0 Å². The molecule has 0 heterocycles. The molecule has 5 heteroatoms. The zero-order chi connectivity index (χ0) is 14.3. The lowest BCUT2D eigenvalue weighted by Crippen LogP contribution is -2.29. The average molecular weight is 285 g/mol. The van der Waals surface area contributed by atoms with Gasteiger partial charge >= 0.3 is 11.4 Å². The Kier molecular flexibility index (Phi) is 6.36. The molecule has 0 spiro atoms. The van der Waals surface area contributed by atoms with Crippen molar-refractivity contribution in [3.8, 4) is 0 Å². The standard InChI is InChI=1S/C14H17ClO4/c1-10(2)8-12(19-14(15)17)13(16)18-9-11-6-4-3-5-7-11/h3-7,10,12H,8-9H2,1-2H3/t12-/m0/s1. The molecule has 0 saturated heterocycles. The topological polar surface area (TPSA) is 52.6 Å². The van der Waals surface area contributed by atoms with Crippen LogP contribution in [0.5, 0.6) is 0 Å². The van der Waals surface area contributed by atoms with Crippen LogP contribution < -0.4 is 0 Å². The molecule has 4 nitrogen and oxygen atoms in total. The Hall–Kier alpha value is -1.55. The summed E-state index contributed by atoms with van der Waals surface area (Å²) >= 11 is 5.15.